The number of unbranched alkanes of at least 4 members (excludes halogenated alkanes) is 4. The molecule has 2 heteroatoms. The van der Waals surface area contributed by atoms with E-state index < -0.39 is 0 Å². The molecule has 12 heavy (non-hydrogen) atoms. The van der Waals surface area contributed by atoms with Crippen molar-refractivity contribution in [2.24, 2.45) is 0 Å². The van der Waals surface area contributed by atoms with Gasteiger partial charge in [-0.05, 0) is 12.8 Å². The van der Waals surface area contributed by atoms with Crippen LogP contribution in [-0.2, 0) is 4.84 Å². The zero-order chi connectivity index (χ0) is 9.07. The van der Waals surface area contributed by atoms with E-state index in [1.807, 2.05) is 0 Å². The van der Waals surface area contributed by atoms with E-state index >= 15 is 0 Å². The fourth-order valence-corrected chi connectivity index (χ4v) is 0.972. The normalized spacial score (nSPS) is 10.5. The largest absolute Gasteiger partial charge is 0.282 e. The number of rotatable bonds is 9. The van der Waals surface area contributed by atoms with E-state index in [1.165, 1.54) is 32.1 Å². The monoisotopic (exact) mass is 172 g/mol. The highest BCUT2D eigenvalue weighted by molar-refractivity contribution is 4.38. The Hall–Kier alpha value is -0.0800. The minimum absolute atomic E-state index is 0.806. The maximum Gasteiger partial charge on any atom is 0.0702 e. The molecule has 0 heterocycles. The molecule has 0 aliphatic rings. The van der Waals surface area contributed by atoms with Gasteiger partial charge in [0.15, 0.2) is 0 Å². The van der Waals surface area contributed by atoms with Gasteiger partial charge in [-0.25, -0.2) is 0 Å². The summed E-state index contributed by atoms with van der Waals surface area (Å²) in [7, 11) is 0. The van der Waals surface area contributed by atoms with E-state index in [9.17, 15) is 0 Å². The van der Waals surface area contributed by atoms with Crippen LogP contribution < -0.4 is 5.48 Å². The molecule has 0 aliphatic heterocycles. The first-order valence-corrected chi connectivity index (χ1v) is 5.20. The van der Waals surface area contributed by atoms with Gasteiger partial charge < -0.3 is 0 Å². The van der Waals surface area contributed by atoms with Gasteiger partial charge in [0.1, 0.15) is 0 Å². The van der Waals surface area contributed by atoms with Crippen LogP contribution in [0.25, 0.3) is 0 Å². The average Bonchev–Trinajstić information content (AvgIpc) is 2.10. The van der Waals surface area contributed by atoms with Crippen molar-refractivity contribution in [1.82, 2.24) is 5.48 Å². The van der Waals surface area contributed by atoms with Gasteiger partial charge >= 0.3 is 0 Å². The third-order valence-electron chi connectivity index (χ3n) is 1.78. The Morgan fingerprint density at radius 1 is 0.917 bits per heavy atom. The Bertz CT molecular complexity index is 66.2. The first-order chi connectivity index (χ1) is 5.91. The fourth-order valence-electron chi connectivity index (χ4n) is 0.972. The van der Waals surface area contributed by atoms with Crippen LogP contribution in [0, 0.1) is 0 Å². The molecule has 0 bridgehead atoms. The van der Waals surface area contributed by atoms with Crippen LogP contribution in [-0.4, -0.2) is 13.2 Å². The van der Waals surface area contributed by atoms with Crippen LogP contribution in [0.4, 0.5) is 0 Å². The molecule has 0 aromatic carbocycles. The summed E-state index contributed by atoms with van der Waals surface area (Å²) in [5.41, 5.74) is 3.98. The standard InChI is InChI=1S/C10H22NO/c1-3-5-7-9-11-12-10-8-6-4-2/h3-10H2,1-2H3. The predicted molar refractivity (Wildman–Crippen MR) is 52.0 cm³/mol. The van der Waals surface area contributed by atoms with E-state index in [2.05, 4.69) is 19.3 Å². The number of hydrogen-bond acceptors (Lipinski definition) is 1. The van der Waals surface area contributed by atoms with Crippen molar-refractivity contribution in [1.29, 1.82) is 0 Å². The van der Waals surface area contributed by atoms with Crippen LogP contribution >= 0.6 is 0 Å². The summed E-state index contributed by atoms with van der Waals surface area (Å²) in [6.07, 6.45) is 7.34. The summed E-state index contributed by atoms with van der Waals surface area (Å²) in [5.74, 6) is 0. The molecule has 0 rings (SSSR count). The minimum atomic E-state index is 0.806. The van der Waals surface area contributed by atoms with Crippen LogP contribution in [0.2, 0.25) is 0 Å². The highest BCUT2D eigenvalue weighted by Gasteiger charge is 1.89. The Balaban J connectivity index is 2.73. The molecule has 0 spiro atoms. The smallest absolute Gasteiger partial charge is 0.0702 e. The topological polar surface area (TPSA) is 23.3 Å². The maximum atomic E-state index is 5.11. The molecule has 0 atom stereocenters. The highest BCUT2D eigenvalue weighted by Crippen LogP contribution is 1.94. The van der Waals surface area contributed by atoms with Crippen LogP contribution in [0.5, 0.6) is 0 Å². The summed E-state index contributed by atoms with van der Waals surface area (Å²) in [4.78, 5) is 5.11. The summed E-state index contributed by atoms with van der Waals surface area (Å²) in [6, 6.07) is 0. The quantitative estimate of drug-likeness (QED) is 0.387. The Morgan fingerprint density at radius 2 is 1.58 bits per heavy atom. The van der Waals surface area contributed by atoms with E-state index in [0.29, 0.717) is 0 Å². The van der Waals surface area contributed by atoms with E-state index in [4.69, 9.17) is 4.84 Å². The second-order valence-electron chi connectivity index (χ2n) is 3.10. The molecular weight excluding hydrogens is 150 g/mol. The molecular formula is C10H22NO. The molecule has 0 N–H and O–H groups in total. The molecule has 0 aliphatic carbocycles. The van der Waals surface area contributed by atoms with Crippen molar-refractivity contribution in [3.8, 4) is 0 Å². The van der Waals surface area contributed by atoms with Gasteiger partial charge in [0.2, 0.25) is 0 Å². The van der Waals surface area contributed by atoms with Crippen molar-refractivity contribution < 1.29 is 4.84 Å². The number of hydroxylamine groups is 1. The lowest BCUT2D eigenvalue weighted by atomic mass is 10.2. The Labute approximate surface area is 76.6 Å². The van der Waals surface area contributed by atoms with Crippen molar-refractivity contribution >= 4 is 0 Å². The summed E-state index contributed by atoms with van der Waals surface area (Å²) < 4.78 is 0. The third kappa shape index (κ3) is 9.92. The summed E-state index contributed by atoms with van der Waals surface area (Å²) >= 11 is 0. The van der Waals surface area contributed by atoms with E-state index in [0.717, 1.165) is 19.6 Å². The minimum Gasteiger partial charge on any atom is -0.282 e. The molecule has 0 amide bonds. The van der Waals surface area contributed by atoms with Gasteiger partial charge in [0.25, 0.3) is 0 Å². The van der Waals surface area contributed by atoms with E-state index in [1.54, 1.807) is 0 Å². The Kier molecular flexibility index (Phi) is 10.8. The molecule has 0 fully saturated rings. The lowest BCUT2D eigenvalue weighted by Gasteiger charge is -2.01. The molecule has 0 unspecified atom stereocenters. The average molecular weight is 172 g/mol. The van der Waals surface area contributed by atoms with Gasteiger partial charge in [0.05, 0.1) is 6.61 Å². The Morgan fingerprint density at radius 3 is 2.25 bits per heavy atom. The van der Waals surface area contributed by atoms with Crippen LogP contribution in [0.1, 0.15) is 52.4 Å². The molecule has 0 saturated heterocycles. The van der Waals surface area contributed by atoms with Gasteiger partial charge in [-0.1, -0.05) is 45.0 Å². The lowest BCUT2D eigenvalue weighted by molar-refractivity contribution is 0.0298. The first-order valence-electron chi connectivity index (χ1n) is 5.20. The first kappa shape index (κ1) is 11.9. The molecule has 1 radical (unpaired) electrons. The molecule has 73 valence electrons. The summed E-state index contributed by atoms with van der Waals surface area (Å²) in [6.45, 7) is 6.07. The van der Waals surface area contributed by atoms with Crippen molar-refractivity contribution in [2.45, 2.75) is 52.4 Å². The van der Waals surface area contributed by atoms with Gasteiger partial charge in [-0.3, -0.25) is 4.84 Å². The zero-order valence-corrected chi connectivity index (χ0v) is 8.51. The predicted octanol–water partition coefficient (Wildman–Crippen LogP) is 2.90. The van der Waals surface area contributed by atoms with Gasteiger partial charge in [-0.15, -0.1) is 0 Å². The van der Waals surface area contributed by atoms with Crippen LogP contribution in [0.15, 0.2) is 0 Å². The molecule has 0 saturated carbocycles. The SMILES string of the molecule is CCCCC[N]OCCCCC. The molecule has 0 aromatic heterocycles. The maximum absolute atomic E-state index is 5.11. The van der Waals surface area contributed by atoms with Crippen LogP contribution in [0.3, 0.4) is 0 Å². The third-order valence-corrected chi connectivity index (χ3v) is 1.78. The van der Waals surface area contributed by atoms with Crippen molar-refractivity contribution in [3.05, 3.63) is 0 Å². The second-order valence-corrected chi connectivity index (χ2v) is 3.10. The van der Waals surface area contributed by atoms with Crippen molar-refractivity contribution in [2.75, 3.05) is 13.2 Å². The fraction of sp³-hybridized carbons (Fsp3) is 1.00. The second kappa shape index (κ2) is 10.9. The van der Waals surface area contributed by atoms with Crippen molar-refractivity contribution in [3.63, 3.8) is 0 Å². The number of nitrogens with zero attached hydrogens (tertiary/aromatic N) is 1. The van der Waals surface area contributed by atoms with Gasteiger partial charge in [-0.2, -0.15) is 0 Å². The van der Waals surface area contributed by atoms with Gasteiger partial charge in [0, 0.05) is 6.54 Å². The molecule has 2 nitrogen and oxygen atoms in total. The lowest BCUT2D eigenvalue weighted by Crippen LogP contribution is -2.08. The van der Waals surface area contributed by atoms with E-state index in [-0.39, 0.29) is 0 Å². The summed E-state index contributed by atoms with van der Waals surface area (Å²) in [5, 5.41) is 0. The zero-order valence-electron chi connectivity index (χ0n) is 8.51. The number of hydrogen-bond donors (Lipinski definition) is 0. The highest BCUT2D eigenvalue weighted by atomic mass is 16.6. The molecule has 0 aromatic rings.